The number of aliphatic carboxylic acids is 1. The highest BCUT2D eigenvalue weighted by molar-refractivity contribution is 5.94. The van der Waals surface area contributed by atoms with Gasteiger partial charge in [-0.2, -0.15) is 0 Å². The van der Waals surface area contributed by atoms with Gasteiger partial charge in [0, 0.05) is 13.1 Å². The molecule has 0 saturated carbocycles. The fraction of sp³-hybridized carbons (Fsp3) is 0.750. The number of guanidine groups is 1. The summed E-state index contributed by atoms with van der Waals surface area (Å²) in [6.07, 6.45) is 1.95. The van der Waals surface area contributed by atoms with Gasteiger partial charge in [0.25, 0.3) is 0 Å². The summed E-state index contributed by atoms with van der Waals surface area (Å²) in [4.78, 5) is 54.8. The van der Waals surface area contributed by atoms with Crippen molar-refractivity contribution < 1.29 is 29.4 Å². The molecule has 0 aromatic rings. The van der Waals surface area contributed by atoms with Crippen molar-refractivity contribution in [3.8, 4) is 0 Å². The molecule has 0 unspecified atom stereocenters. The SMILES string of the molecule is CC(C)C[C@H](N)C(=O)N1CCC[C@H]1C(=O)N[C@@H](CCCN=C(N)N)C(=O)N[C@@H](CO)C(=O)O. The highest BCUT2D eigenvalue weighted by atomic mass is 16.4. The summed E-state index contributed by atoms with van der Waals surface area (Å²) in [5.41, 5.74) is 16.6. The van der Waals surface area contributed by atoms with Crippen LogP contribution >= 0.6 is 0 Å². The number of aliphatic imine (C=N–C) groups is 1. The lowest BCUT2D eigenvalue weighted by atomic mass is 10.0. The van der Waals surface area contributed by atoms with E-state index in [1.165, 1.54) is 4.90 Å². The number of carbonyl (C=O) groups is 4. The number of amides is 3. The van der Waals surface area contributed by atoms with Crippen molar-refractivity contribution in [2.45, 2.75) is 70.1 Å². The Bertz CT molecular complexity index is 726. The minimum Gasteiger partial charge on any atom is -0.480 e. The molecule has 1 heterocycles. The maximum Gasteiger partial charge on any atom is 0.328 e. The second-order valence-corrected chi connectivity index (χ2v) is 8.52. The summed E-state index contributed by atoms with van der Waals surface area (Å²) in [5.74, 6) is -2.95. The van der Waals surface area contributed by atoms with Crippen LogP contribution in [0.15, 0.2) is 4.99 Å². The molecule has 4 atom stereocenters. The van der Waals surface area contributed by atoms with Crippen LogP contribution in [0.2, 0.25) is 0 Å². The molecule has 0 bridgehead atoms. The van der Waals surface area contributed by atoms with E-state index in [1.807, 2.05) is 13.8 Å². The summed E-state index contributed by atoms with van der Waals surface area (Å²) in [7, 11) is 0. The average Bonchev–Trinajstić information content (AvgIpc) is 3.22. The summed E-state index contributed by atoms with van der Waals surface area (Å²) >= 11 is 0. The number of nitrogens with one attached hydrogen (secondary N) is 2. The largest absolute Gasteiger partial charge is 0.480 e. The number of aliphatic hydroxyl groups is 1. The molecule has 0 aromatic heterocycles. The molecule has 3 amide bonds. The number of nitrogens with two attached hydrogens (primary N) is 3. The number of rotatable bonds is 13. The predicted octanol–water partition coefficient (Wildman–Crippen LogP) is -2.55. The first-order chi connectivity index (χ1) is 15.5. The summed E-state index contributed by atoms with van der Waals surface area (Å²) < 4.78 is 0. The Morgan fingerprint density at radius 2 is 1.82 bits per heavy atom. The van der Waals surface area contributed by atoms with E-state index < -0.39 is 48.6 Å². The van der Waals surface area contributed by atoms with E-state index in [2.05, 4.69) is 15.6 Å². The number of aliphatic hydroxyl groups excluding tert-OH is 1. The monoisotopic (exact) mass is 471 g/mol. The van der Waals surface area contributed by atoms with E-state index in [0.717, 1.165) is 0 Å². The molecule has 1 rings (SSSR count). The van der Waals surface area contributed by atoms with Gasteiger partial charge in [0.05, 0.1) is 12.6 Å². The van der Waals surface area contributed by atoms with Crippen molar-refractivity contribution in [2.75, 3.05) is 19.7 Å². The maximum atomic E-state index is 13.0. The van der Waals surface area contributed by atoms with Crippen LogP contribution in [-0.4, -0.2) is 88.6 Å². The molecule has 33 heavy (non-hydrogen) atoms. The van der Waals surface area contributed by atoms with Crippen LogP contribution < -0.4 is 27.8 Å². The number of hydrogen-bond acceptors (Lipinski definition) is 7. The van der Waals surface area contributed by atoms with Gasteiger partial charge in [-0.1, -0.05) is 13.8 Å². The summed E-state index contributed by atoms with van der Waals surface area (Å²) in [6, 6.07) is -4.13. The number of nitrogens with zero attached hydrogens (tertiary/aromatic N) is 2. The Hall–Kier alpha value is -2.93. The molecule has 1 aliphatic rings. The Balaban J connectivity index is 2.91. The molecule has 0 radical (unpaired) electrons. The van der Waals surface area contributed by atoms with Crippen molar-refractivity contribution >= 4 is 29.7 Å². The van der Waals surface area contributed by atoms with E-state index in [1.54, 1.807) is 0 Å². The average molecular weight is 472 g/mol. The van der Waals surface area contributed by atoms with Crippen molar-refractivity contribution in [1.82, 2.24) is 15.5 Å². The fourth-order valence-corrected chi connectivity index (χ4v) is 3.62. The van der Waals surface area contributed by atoms with Gasteiger partial charge in [0.1, 0.15) is 18.1 Å². The summed E-state index contributed by atoms with van der Waals surface area (Å²) in [5, 5.41) is 23.1. The quantitative estimate of drug-likeness (QED) is 0.0850. The predicted molar refractivity (Wildman–Crippen MR) is 121 cm³/mol. The van der Waals surface area contributed by atoms with Crippen LogP contribution in [-0.2, 0) is 19.2 Å². The van der Waals surface area contributed by atoms with Crippen LogP contribution in [0, 0.1) is 5.92 Å². The minimum atomic E-state index is -1.52. The molecule has 0 spiro atoms. The molecule has 10 N–H and O–H groups in total. The first-order valence-corrected chi connectivity index (χ1v) is 11.0. The number of likely N-dealkylation sites (tertiary alicyclic amines) is 1. The van der Waals surface area contributed by atoms with Crippen LogP contribution in [0.4, 0.5) is 0 Å². The molecular formula is C20H37N7O6. The molecule has 1 fully saturated rings. The topological polar surface area (TPSA) is 226 Å². The highest BCUT2D eigenvalue weighted by Crippen LogP contribution is 2.20. The van der Waals surface area contributed by atoms with Crippen molar-refractivity contribution in [3.63, 3.8) is 0 Å². The lowest BCUT2D eigenvalue weighted by Crippen LogP contribution is -2.57. The lowest BCUT2D eigenvalue weighted by Gasteiger charge is -2.29. The zero-order valence-electron chi connectivity index (χ0n) is 19.2. The van der Waals surface area contributed by atoms with Gasteiger partial charge >= 0.3 is 5.97 Å². The van der Waals surface area contributed by atoms with Crippen LogP contribution in [0.3, 0.4) is 0 Å². The third-order valence-electron chi connectivity index (χ3n) is 5.26. The Labute approximate surface area is 193 Å². The molecule has 13 heteroatoms. The summed E-state index contributed by atoms with van der Waals surface area (Å²) in [6.45, 7) is 3.67. The number of carboxylic acids is 1. The second kappa shape index (κ2) is 13.6. The Morgan fingerprint density at radius 3 is 2.36 bits per heavy atom. The standard InChI is InChI=1S/C20H37N7O6/c1-11(2)9-12(21)18(31)27-8-4-6-15(27)17(30)25-13(5-3-7-24-20(22)23)16(29)26-14(10-28)19(32)33/h11-15,28H,3-10,21H2,1-2H3,(H,25,30)(H,26,29)(H,32,33)(H4,22,23,24)/t12-,13-,14-,15-/m0/s1. The zero-order chi connectivity index (χ0) is 25.1. The van der Waals surface area contributed by atoms with E-state index >= 15 is 0 Å². The van der Waals surface area contributed by atoms with E-state index in [0.29, 0.717) is 32.2 Å². The van der Waals surface area contributed by atoms with Gasteiger partial charge in [-0.3, -0.25) is 19.4 Å². The lowest BCUT2D eigenvalue weighted by molar-refractivity contribution is -0.144. The first kappa shape index (κ1) is 28.1. The van der Waals surface area contributed by atoms with Crippen molar-refractivity contribution in [2.24, 2.45) is 28.1 Å². The fourth-order valence-electron chi connectivity index (χ4n) is 3.62. The van der Waals surface area contributed by atoms with Gasteiger partial charge < -0.3 is 42.9 Å². The Kier molecular flexibility index (Phi) is 11.6. The highest BCUT2D eigenvalue weighted by Gasteiger charge is 2.37. The first-order valence-electron chi connectivity index (χ1n) is 11.0. The van der Waals surface area contributed by atoms with Crippen molar-refractivity contribution in [1.29, 1.82) is 0 Å². The molecule has 13 nitrogen and oxygen atoms in total. The van der Waals surface area contributed by atoms with Gasteiger partial charge in [-0.25, -0.2) is 4.79 Å². The van der Waals surface area contributed by atoms with E-state index in [4.69, 9.17) is 22.3 Å². The Morgan fingerprint density at radius 1 is 1.15 bits per heavy atom. The van der Waals surface area contributed by atoms with Gasteiger partial charge in [-0.15, -0.1) is 0 Å². The van der Waals surface area contributed by atoms with Crippen LogP contribution in [0.1, 0.15) is 46.0 Å². The van der Waals surface area contributed by atoms with Gasteiger partial charge in [0.15, 0.2) is 5.96 Å². The van der Waals surface area contributed by atoms with Gasteiger partial charge in [0.2, 0.25) is 17.7 Å². The number of carbonyl (C=O) groups excluding carboxylic acids is 3. The van der Waals surface area contributed by atoms with Gasteiger partial charge in [-0.05, 0) is 38.0 Å². The molecule has 0 aliphatic carbocycles. The minimum absolute atomic E-state index is 0.111. The smallest absolute Gasteiger partial charge is 0.328 e. The molecular weight excluding hydrogens is 434 g/mol. The van der Waals surface area contributed by atoms with Crippen molar-refractivity contribution in [3.05, 3.63) is 0 Å². The third-order valence-corrected chi connectivity index (χ3v) is 5.26. The number of carboxylic acid groups (broad SMARTS) is 1. The van der Waals surface area contributed by atoms with Crippen LogP contribution in [0.25, 0.3) is 0 Å². The normalized spacial score (nSPS) is 18.3. The van der Waals surface area contributed by atoms with Crippen LogP contribution in [0.5, 0.6) is 0 Å². The van der Waals surface area contributed by atoms with E-state index in [-0.39, 0.29) is 30.8 Å². The molecule has 0 aromatic carbocycles. The molecule has 188 valence electrons. The third kappa shape index (κ3) is 9.22. The number of hydrogen-bond donors (Lipinski definition) is 7. The maximum absolute atomic E-state index is 13.0. The molecule has 1 aliphatic heterocycles. The van der Waals surface area contributed by atoms with E-state index in [9.17, 15) is 24.3 Å². The zero-order valence-corrected chi connectivity index (χ0v) is 19.2. The second-order valence-electron chi connectivity index (χ2n) is 8.52. The molecule has 1 saturated heterocycles.